The van der Waals surface area contributed by atoms with Crippen molar-refractivity contribution in [3.05, 3.63) is 48.0 Å². The molecule has 18 heavy (non-hydrogen) atoms. The van der Waals surface area contributed by atoms with Gasteiger partial charge in [0.05, 0.1) is 18.7 Å². The van der Waals surface area contributed by atoms with Crippen LogP contribution in [0.5, 0.6) is 0 Å². The number of nitrogens with zero attached hydrogens (tertiary/aromatic N) is 1. The molecule has 3 rings (SSSR count). The summed E-state index contributed by atoms with van der Waals surface area (Å²) in [6.45, 7) is 5.57. The van der Waals surface area contributed by atoms with Crippen molar-refractivity contribution >= 4 is 0 Å². The summed E-state index contributed by atoms with van der Waals surface area (Å²) in [5, 5.41) is 9.98. The van der Waals surface area contributed by atoms with Gasteiger partial charge in [-0.1, -0.05) is 42.5 Å². The molecule has 2 saturated heterocycles. The van der Waals surface area contributed by atoms with E-state index in [4.69, 9.17) is 4.74 Å². The zero-order valence-electron chi connectivity index (χ0n) is 10.5. The van der Waals surface area contributed by atoms with Gasteiger partial charge < -0.3 is 9.84 Å². The molecule has 0 aliphatic carbocycles. The first-order chi connectivity index (χ1) is 8.75. The molecule has 0 radical (unpaired) electrons. The quantitative estimate of drug-likeness (QED) is 0.769. The Balaban J connectivity index is 1.86. The van der Waals surface area contributed by atoms with Crippen molar-refractivity contribution < 1.29 is 9.84 Å². The fourth-order valence-electron chi connectivity index (χ4n) is 2.98. The molecule has 0 amide bonds. The average Bonchev–Trinajstić information content (AvgIpc) is 2.41. The van der Waals surface area contributed by atoms with E-state index in [9.17, 15) is 5.11 Å². The summed E-state index contributed by atoms with van der Waals surface area (Å²) >= 11 is 0. The number of benzene rings is 1. The average molecular weight is 245 g/mol. The maximum Gasteiger partial charge on any atom is 0.170 e. The van der Waals surface area contributed by atoms with E-state index >= 15 is 0 Å². The molecule has 3 atom stereocenters. The van der Waals surface area contributed by atoms with Crippen LogP contribution in [0.15, 0.2) is 42.5 Å². The lowest BCUT2D eigenvalue weighted by Crippen LogP contribution is -2.55. The maximum atomic E-state index is 9.98. The van der Waals surface area contributed by atoms with E-state index in [-0.39, 0.29) is 12.1 Å². The van der Waals surface area contributed by atoms with Gasteiger partial charge in [-0.3, -0.25) is 4.90 Å². The second kappa shape index (κ2) is 4.84. The van der Waals surface area contributed by atoms with Crippen LogP contribution in [0.1, 0.15) is 24.4 Å². The highest BCUT2D eigenvalue weighted by Gasteiger charge is 2.39. The number of rotatable bonds is 1. The van der Waals surface area contributed by atoms with Gasteiger partial charge in [-0.05, 0) is 18.4 Å². The van der Waals surface area contributed by atoms with Crippen LogP contribution >= 0.6 is 0 Å². The third kappa shape index (κ3) is 2.09. The molecule has 2 fully saturated rings. The lowest BCUT2D eigenvalue weighted by atomic mass is 9.92. The van der Waals surface area contributed by atoms with Crippen molar-refractivity contribution in [1.82, 2.24) is 4.90 Å². The molecule has 1 unspecified atom stereocenters. The van der Waals surface area contributed by atoms with Crippen LogP contribution in [0.25, 0.3) is 0 Å². The smallest absolute Gasteiger partial charge is 0.170 e. The number of morpholine rings is 1. The van der Waals surface area contributed by atoms with Gasteiger partial charge in [-0.2, -0.15) is 0 Å². The summed E-state index contributed by atoms with van der Waals surface area (Å²) in [7, 11) is 0. The number of hydrogen-bond acceptors (Lipinski definition) is 3. The Kier molecular flexibility index (Phi) is 3.20. The summed E-state index contributed by atoms with van der Waals surface area (Å²) in [6, 6.07) is 10.7. The normalized spacial score (nSPS) is 33.2. The molecule has 0 spiro atoms. The zero-order chi connectivity index (χ0) is 12.5. The molecule has 3 nitrogen and oxygen atoms in total. The molecule has 1 aromatic rings. The standard InChI is InChI=1S/C15H19NO2/c1-11-7-8-16-13(9-11)15(17)18-10-14(16)12-5-3-2-4-6-12/h2-6,13-15,17H,1,7-10H2/t13-,14+,15?/m1/s1. The Labute approximate surface area is 108 Å². The molecule has 2 aliphatic rings. The van der Waals surface area contributed by atoms with Crippen molar-refractivity contribution in [2.24, 2.45) is 0 Å². The molecule has 96 valence electrons. The summed E-state index contributed by atoms with van der Waals surface area (Å²) < 4.78 is 5.54. The van der Waals surface area contributed by atoms with E-state index in [2.05, 4.69) is 35.7 Å². The van der Waals surface area contributed by atoms with Crippen molar-refractivity contribution in [1.29, 1.82) is 0 Å². The number of aliphatic hydroxyl groups is 1. The Morgan fingerprint density at radius 3 is 2.83 bits per heavy atom. The van der Waals surface area contributed by atoms with Gasteiger partial charge in [-0.25, -0.2) is 0 Å². The first-order valence-electron chi connectivity index (χ1n) is 6.53. The molecule has 1 aromatic carbocycles. The van der Waals surface area contributed by atoms with Gasteiger partial charge >= 0.3 is 0 Å². The van der Waals surface area contributed by atoms with Gasteiger partial charge in [0, 0.05) is 6.54 Å². The van der Waals surface area contributed by atoms with Crippen molar-refractivity contribution in [2.45, 2.75) is 31.2 Å². The molecule has 2 heterocycles. The van der Waals surface area contributed by atoms with E-state index < -0.39 is 6.29 Å². The van der Waals surface area contributed by atoms with Crippen molar-refractivity contribution in [3.63, 3.8) is 0 Å². The lowest BCUT2D eigenvalue weighted by Gasteiger charge is -2.47. The fraction of sp³-hybridized carbons (Fsp3) is 0.467. The van der Waals surface area contributed by atoms with Crippen LogP contribution < -0.4 is 0 Å². The molecule has 0 aromatic heterocycles. The molecule has 1 N–H and O–H groups in total. The predicted octanol–water partition coefficient (Wildman–Crippen LogP) is 2.10. The third-order valence-corrected chi connectivity index (χ3v) is 3.99. The highest BCUT2D eigenvalue weighted by Crippen LogP contribution is 2.35. The highest BCUT2D eigenvalue weighted by molar-refractivity contribution is 5.21. The van der Waals surface area contributed by atoms with E-state index in [1.807, 2.05) is 6.07 Å². The number of fused-ring (bicyclic) bond motifs is 1. The van der Waals surface area contributed by atoms with Crippen LogP contribution in [0.4, 0.5) is 0 Å². The van der Waals surface area contributed by atoms with E-state index in [0.29, 0.717) is 6.61 Å². The molecular weight excluding hydrogens is 226 g/mol. The number of hydrogen-bond donors (Lipinski definition) is 1. The monoisotopic (exact) mass is 245 g/mol. The van der Waals surface area contributed by atoms with Crippen LogP contribution in [0, 0.1) is 0 Å². The van der Waals surface area contributed by atoms with Gasteiger partial charge in [-0.15, -0.1) is 0 Å². The van der Waals surface area contributed by atoms with Crippen LogP contribution in [0.2, 0.25) is 0 Å². The second-order valence-electron chi connectivity index (χ2n) is 5.16. The van der Waals surface area contributed by atoms with Gasteiger partial charge in [0.15, 0.2) is 6.29 Å². The summed E-state index contributed by atoms with van der Waals surface area (Å²) in [5.41, 5.74) is 2.48. The van der Waals surface area contributed by atoms with Crippen LogP contribution in [-0.4, -0.2) is 35.5 Å². The third-order valence-electron chi connectivity index (χ3n) is 3.99. The molecule has 2 aliphatic heterocycles. The second-order valence-corrected chi connectivity index (χ2v) is 5.16. The zero-order valence-corrected chi connectivity index (χ0v) is 10.5. The maximum absolute atomic E-state index is 9.98. The highest BCUT2D eigenvalue weighted by atomic mass is 16.6. The number of ether oxygens (including phenoxy) is 1. The van der Waals surface area contributed by atoms with Gasteiger partial charge in [0.1, 0.15) is 0 Å². The molecule has 3 heteroatoms. The Morgan fingerprint density at radius 1 is 1.28 bits per heavy atom. The van der Waals surface area contributed by atoms with Gasteiger partial charge in [0.2, 0.25) is 0 Å². The largest absolute Gasteiger partial charge is 0.367 e. The van der Waals surface area contributed by atoms with E-state index in [1.54, 1.807) is 0 Å². The first-order valence-corrected chi connectivity index (χ1v) is 6.53. The topological polar surface area (TPSA) is 32.7 Å². The minimum atomic E-state index is -0.679. The lowest BCUT2D eigenvalue weighted by molar-refractivity contribution is -0.203. The SMILES string of the molecule is C=C1CCN2[C@H](C1)C(O)OC[C@H]2c1ccccc1. The number of piperidine rings is 1. The summed E-state index contributed by atoms with van der Waals surface area (Å²) in [6.07, 6.45) is 1.18. The van der Waals surface area contributed by atoms with Crippen molar-refractivity contribution in [3.8, 4) is 0 Å². The van der Waals surface area contributed by atoms with E-state index in [0.717, 1.165) is 19.4 Å². The minimum Gasteiger partial charge on any atom is -0.367 e. The Bertz CT molecular complexity index is 431. The summed E-state index contributed by atoms with van der Waals surface area (Å²) in [5.74, 6) is 0. The number of aliphatic hydroxyl groups excluding tert-OH is 1. The van der Waals surface area contributed by atoms with Crippen LogP contribution in [-0.2, 0) is 4.74 Å². The minimum absolute atomic E-state index is 0.0604. The van der Waals surface area contributed by atoms with E-state index in [1.165, 1.54) is 11.1 Å². The first kappa shape index (κ1) is 11.9. The van der Waals surface area contributed by atoms with Gasteiger partial charge in [0.25, 0.3) is 0 Å². The predicted molar refractivity (Wildman–Crippen MR) is 70.0 cm³/mol. The Hall–Kier alpha value is -1.16. The fourth-order valence-corrected chi connectivity index (χ4v) is 2.98. The Morgan fingerprint density at radius 2 is 2.06 bits per heavy atom. The van der Waals surface area contributed by atoms with Crippen molar-refractivity contribution in [2.75, 3.05) is 13.2 Å². The molecule has 0 saturated carbocycles. The molecule has 0 bridgehead atoms. The molecular formula is C15H19NO2. The van der Waals surface area contributed by atoms with Crippen LogP contribution in [0.3, 0.4) is 0 Å². The summed E-state index contributed by atoms with van der Waals surface area (Å²) in [4.78, 5) is 2.37.